The second-order valence-corrected chi connectivity index (χ2v) is 32.8. The Morgan fingerprint density at radius 3 is 1.36 bits per heavy atom. The standard InChI is InChI=1S/C51H38N2.C44H28N2.C16H11N2.C5H8O2.CH3BFP.Bi.Ir.2H/c1-51(2)47-19-11-9-17-43(47)44-31-30-42(34-48(44)51)52(40-26-21-36(22-27-40)35-13-5-3-6-14-35)41-28-23-37(24-29-41)38-25-32-50-46(33-38)45-18-10-12-20-49(45)53(50)39-15-7-4-8-16-39;1-3-13-31(14-4-1)39-27-41(35-21-19-29-11-7-9-17-33(29)25-35)45-43-37(39)23-24-38-40(32-15-5-2-6-16-32)28-42(46-44(38)43)36-22-20-30-12-8-10-18-34(30)26-36;1-3-7-13(8-4-1)15-11-16(18-12-17-15)14-9-5-2-6-10-14;1-4(6)3-5(2)7;2-4-1-3;;;;/h3-34H,1-2H3;1-28H;1-9,11-12H;3,6H,1-2H3;4H,1H2;;;;/q;;-1;;;;;;. The number of nitrogens with zero attached hydrogens (tertiary/aromatic N) is 6. The van der Waals surface area contributed by atoms with E-state index in [1.54, 1.807) is 6.33 Å². The van der Waals surface area contributed by atoms with E-state index in [1.165, 1.54) is 113 Å². The molecule has 4 heterocycles. The van der Waals surface area contributed by atoms with Gasteiger partial charge in [-0.2, -0.15) is 0 Å². The molecule has 4 aromatic heterocycles. The monoisotopic (exact) mass is 2070 g/mol. The Kier molecular flexibility index (Phi) is 28.1. The Hall–Kier alpha value is -14.1. The molecular formula is C117H90BBiFIrN6O2P-. The van der Waals surface area contributed by atoms with Gasteiger partial charge < -0.3 is 14.6 Å². The molecule has 21 aromatic rings. The van der Waals surface area contributed by atoms with E-state index in [2.05, 4.69) is 411 Å². The molecule has 0 fully saturated rings. The summed E-state index contributed by atoms with van der Waals surface area (Å²) >= 11 is 0. The second kappa shape index (κ2) is 40.9. The van der Waals surface area contributed by atoms with Gasteiger partial charge in [0.2, 0.25) is 0 Å². The molecule has 17 aromatic carbocycles. The SMILES string of the molecule is CC(=O)C=C(C)O.CC1(C)c2ccccc2-c2ccc(N(c3ccc(-c4ccccc4)cc3)c3ccc(-c4ccc5c(c4)c4ccccc4n5-c4ccccc4)cc3)cc21.[B]PCF.[BiH2].[Ir].[c-]1ccccc1-c1cc(-c2ccccc2)ncn1.c1ccc(-c2cc(-c3ccc4ccccc4c3)nc3c2ccc2c(-c4ccccc4)cc(-c4ccc5ccccc5c4)nc23)cc1. The predicted molar refractivity (Wildman–Crippen MR) is 545 cm³/mol. The fourth-order valence-corrected chi connectivity index (χ4v) is 17.3. The molecule has 0 saturated carbocycles. The fourth-order valence-electron chi connectivity index (χ4n) is 17.3. The van der Waals surface area contributed by atoms with Crippen LogP contribution in [0.1, 0.15) is 38.8 Å². The van der Waals surface area contributed by atoms with Gasteiger partial charge in [0.1, 0.15) is 13.9 Å². The second-order valence-electron chi connectivity index (χ2n) is 32.1. The summed E-state index contributed by atoms with van der Waals surface area (Å²) in [7, 11) is 4.65. The Balaban J connectivity index is 0.000000145. The molecule has 0 saturated heterocycles. The van der Waals surface area contributed by atoms with E-state index in [0.29, 0.717) is 0 Å². The molecule has 1 atom stereocenters. The van der Waals surface area contributed by atoms with E-state index in [4.69, 9.17) is 15.1 Å². The van der Waals surface area contributed by atoms with Crippen LogP contribution in [0.2, 0.25) is 0 Å². The number of rotatable bonds is 14. The minimum absolute atomic E-state index is 0. The minimum Gasteiger partial charge on any atom is -0.286 e. The number of halogens is 1. The molecule has 13 heteroatoms. The average molecular weight is 2070 g/mol. The molecule has 0 spiro atoms. The van der Waals surface area contributed by atoms with Crippen LogP contribution >= 0.6 is 8.46 Å². The van der Waals surface area contributed by atoms with Gasteiger partial charge in [0.25, 0.3) is 0 Å². The van der Waals surface area contributed by atoms with Crippen molar-refractivity contribution in [3.8, 4) is 106 Å². The van der Waals surface area contributed by atoms with Gasteiger partial charge in [-0.05, 0) is 204 Å². The van der Waals surface area contributed by atoms with Crippen molar-refractivity contribution in [2.75, 3.05) is 11.3 Å². The van der Waals surface area contributed by atoms with Crippen molar-refractivity contribution in [1.82, 2.24) is 24.5 Å². The number of allylic oxidation sites excluding steroid dienone is 2. The van der Waals surface area contributed by atoms with E-state index >= 15 is 0 Å². The number of alkyl halides is 1. The number of anilines is 3. The maximum absolute atomic E-state index is 10.6. The number of aromatic nitrogens is 5. The fraction of sp³-hybridized carbons (Fsp3) is 0.0513. The largest absolute Gasteiger partial charge is 0.286 e. The zero-order chi connectivity index (χ0) is 87.5. The number of benzene rings is 17. The van der Waals surface area contributed by atoms with E-state index in [-0.39, 0.29) is 78.1 Å². The van der Waals surface area contributed by atoms with Gasteiger partial charge >= 0.3 is 26.2 Å². The van der Waals surface area contributed by atoms with Crippen LogP contribution in [0.3, 0.4) is 0 Å². The smallest absolute Gasteiger partial charge is 0.106 e. The van der Waals surface area contributed by atoms with Gasteiger partial charge in [-0.25, -0.2) is 19.3 Å². The summed E-state index contributed by atoms with van der Waals surface area (Å²) in [6, 6.07) is 154. The first kappa shape index (κ1) is 89.3. The quantitative estimate of drug-likeness (QED) is 0.0289. The van der Waals surface area contributed by atoms with Crippen LogP contribution in [0.15, 0.2) is 443 Å². The maximum Gasteiger partial charge on any atom is 0.106 e. The summed E-state index contributed by atoms with van der Waals surface area (Å²) in [5, 5.41) is 17.9. The number of aliphatic hydroxyl groups is 1. The van der Waals surface area contributed by atoms with E-state index in [1.807, 2.05) is 60.7 Å². The number of fused-ring (bicyclic) bond motifs is 11. The first-order chi connectivity index (χ1) is 62.8. The molecule has 0 bridgehead atoms. The molecule has 1 N–H and O–H groups in total. The molecule has 130 heavy (non-hydrogen) atoms. The summed E-state index contributed by atoms with van der Waals surface area (Å²) < 4.78 is 13.0. The number of hydrogen-bond donors (Lipinski definition) is 1. The first-order valence-corrected chi connectivity index (χ1v) is 44.1. The van der Waals surface area contributed by atoms with Crippen LogP contribution < -0.4 is 4.90 Å². The summed E-state index contributed by atoms with van der Waals surface area (Å²) in [4.78, 5) is 31.9. The summed E-state index contributed by atoms with van der Waals surface area (Å²) in [6.07, 6.45) is 2.39. The van der Waals surface area contributed by atoms with Gasteiger partial charge in [0, 0.05) is 87.0 Å². The van der Waals surface area contributed by atoms with Crippen LogP contribution in [-0.4, -0.2) is 75.6 Å². The summed E-state index contributed by atoms with van der Waals surface area (Å²) in [5.41, 5.74) is 31.5. The molecule has 0 aliphatic heterocycles. The number of carbonyl (C=O) groups excluding carboxylic acids is 1. The third kappa shape index (κ3) is 19.4. The number of aliphatic hydroxyl groups excluding tert-OH is 1. The van der Waals surface area contributed by atoms with Crippen LogP contribution in [0, 0.1) is 6.07 Å². The van der Waals surface area contributed by atoms with Gasteiger partial charge in [0.15, 0.2) is 5.78 Å². The first-order valence-electron chi connectivity index (χ1n) is 42.8. The zero-order valence-electron chi connectivity index (χ0n) is 72.2. The molecule has 8 nitrogen and oxygen atoms in total. The third-order valence-corrected chi connectivity index (χ3v) is 23.6. The Bertz CT molecular complexity index is 7370. The minimum atomic E-state index is -0.375. The van der Waals surface area contributed by atoms with Crippen LogP contribution in [0.5, 0.6) is 0 Å². The van der Waals surface area contributed by atoms with Crippen LogP contribution in [-0.2, 0) is 30.3 Å². The Morgan fingerprint density at radius 2 is 0.831 bits per heavy atom. The van der Waals surface area contributed by atoms with E-state index in [9.17, 15) is 9.18 Å². The van der Waals surface area contributed by atoms with Crippen LogP contribution in [0.25, 0.3) is 172 Å². The summed E-state index contributed by atoms with van der Waals surface area (Å²) in [6.45, 7) is 7.55. The number of hydrogen-bond acceptors (Lipinski definition) is 7. The van der Waals surface area contributed by atoms with E-state index in [0.717, 1.165) is 106 Å². The van der Waals surface area contributed by atoms with Crippen molar-refractivity contribution in [2.45, 2.75) is 33.1 Å². The number of carbonyl (C=O) groups is 1. The average Bonchev–Trinajstić information content (AvgIpc) is 1.53. The molecule has 1 unspecified atom stereocenters. The van der Waals surface area contributed by atoms with Crippen LogP contribution in [0.4, 0.5) is 21.5 Å². The molecule has 1 aliphatic carbocycles. The number of pyridine rings is 2. The Labute approximate surface area is 793 Å². The number of para-hydroxylation sites is 2. The van der Waals surface area contributed by atoms with Gasteiger partial charge in [-0.3, -0.25) is 9.78 Å². The third-order valence-electron chi connectivity index (χ3n) is 23.4. The number of ketones is 1. The molecule has 1 aliphatic rings. The van der Waals surface area contributed by atoms with Crippen molar-refractivity contribution < 1.29 is 34.4 Å². The molecule has 22 rings (SSSR count). The van der Waals surface area contributed by atoms with Crippen molar-refractivity contribution in [2.24, 2.45) is 0 Å². The van der Waals surface area contributed by atoms with Crippen molar-refractivity contribution in [1.29, 1.82) is 0 Å². The summed E-state index contributed by atoms with van der Waals surface area (Å²) in [5.74, 6) is -0.0625. The van der Waals surface area contributed by atoms with Gasteiger partial charge in [-0.15, -0.1) is 44.4 Å². The van der Waals surface area contributed by atoms with Crippen molar-refractivity contribution in [3.63, 3.8) is 0 Å². The molecule has 4 radical (unpaired) electrons. The molecule has 630 valence electrons. The molecular weight excluding hydrogens is 1980 g/mol. The van der Waals surface area contributed by atoms with Gasteiger partial charge in [-0.1, -0.05) is 323 Å². The Morgan fingerprint density at radius 1 is 0.392 bits per heavy atom. The molecule has 0 amide bonds. The predicted octanol–water partition coefficient (Wildman–Crippen LogP) is 30.1. The van der Waals surface area contributed by atoms with Crippen molar-refractivity contribution >= 4 is 130 Å². The normalized spacial score (nSPS) is 11.7. The topological polar surface area (TPSA) is 97.0 Å². The van der Waals surface area contributed by atoms with Crippen molar-refractivity contribution in [3.05, 3.63) is 460 Å². The van der Waals surface area contributed by atoms with E-state index < -0.39 is 0 Å². The maximum atomic E-state index is 10.6. The zero-order valence-corrected chi connectivity index (χ0v) is 80.1. The van der Waals surface area contributed by atoms with Gasteiger partial charge in [0.05, 0.1) is 51.3 Å².